The Morgan fingerprint density at radius 2 is 1.88 bits per heavy atom. The van der Waals surface area contributed by atoms with Crippen LogP contribution in [0, 0.1) is 13.8 Å². The smallest absolute Gasteiger partial charge is 0.242 e. The summed E-state index contributed by atoms with van der Waals surface area (Å²) in [4.78, 5) is 26.9. The number of halogens is 1. The van der Waals surface area contributed by atoms with Gasteiger partial charge in [0.15, 0.2) is 0 Å². The summed E-state index contributed by atoms with van der Waals surface area (Å²) in [6, 6.07) is 13.3. The molecule has 4 nitrogen and oxygen atoms in total. The van der Waals surface area contributed by atoms with Crippen molar-refractivity contribution in [1.82, 2.24) is 10.2 Å². The second-order valence-corrected chi connectivity index (χ2v) is 7.46. The topological polar surface area (TPSA) is 49.4 Å². The molecule has 0 fully saturated rings. The molecular formula is C21H25BrN2O2. The lowest BCUT2D eigenvalue weighted by Gasteiger charge is -2.29. The summed E-state index contributed by atoms with van der Waals surface area (Å²) in [5, 5.41) is 2.64. The fourth-order valence-electron chi connectivity index (χ4n) is 2.88. The van der Waals surface area contributed by atoms with Gasteiger partial charge in [-0.3, -0.25) is 9.59 Å². The van der Waals surface area contributed by atoms with Crippen molar-refractivity contribution < 1.29 is 9.59 Å². The van der Waals surface area contributed by atoms with Gasteiger partial charge in [0.05, 0.1) is 6.42 Å². The summed E-state index contributed by atoms with van der Waals surface area (Å²) in [6.07, 6.45) is 0.281. The molecular weight excluding hydrogens is 392 g/mol. The van der Waals surface area contributed by atoms with Crippen LogP contribution < -0.4 is 5.32 Å². The molecule has 0 aliphatic rings. The molecule has 0 radical (unpaired) electrons. The number of likely N-dealkylation sites (N-methyl/N-ethyl adjacent to an activating group) is 1. The molecule has 0 heterocycles. The zero-order chi connectivity index (χ0) is 19.3. The van der Waals surface area contributed by atoms with Gasteiger partial charge in [-0.05, 0) is 49.6 Å². The zero-order valence-corrected chi connectivity index (χ0v) is 17.3. The number of aryl methyl sites for hydroxylation is 2. The number of hydrogen-bond acceptors (Lipinski definition) is 2. The number of amides is 2. The van der Waals surface area contributed by atoms with E-state index >= 15 is 0 Å². The van der Waals surface area contributed by atoms with Gasteiger partial charge in [0.25, 0.3) is 0 Å². The molecule has 0 unspecified atom stereocenters. The maximum Gasteiger partial charge on any atom is 0.242 e. The minimum atomic E-state index is -0.545. The summed E-state index contributed by atoms with van der Waals surface area (Å²) in [5.74, 6) is -0.232. The van der Waals surface area contributed by atoms with E-state index in [4.69, 9.17) is 0 Å². The number of benzene rings is 2. The molecule has 0 spiro atoms. The van der Waals surface area contributed by atoms with Crippen LogP contribution in [0.5, 0.6) is 0 Å². The third kappa shape index (κ3) is 5.18. The minimum Gasteiger partial charge on any atom is -0.357 e. The molecule has 5 heteroatoms. The summed E-state index contributed by atoms with van der Waals surface area (Å²) in [5.41, 5.74) is 4.18. The third-order valence-corrected chi connectivity index (χ3v) is 5.00. The molecule has 2 amide bonds. The Balaban J connectivity index is 2.28. The van der Waals surface area contributed by atoms with Crippen LogP contribution in [0.3, 0.4) is 0 Å². The van der Waals surface area contributed by atoms with Crippen molar-refractivity contribution in [3.8, 4) is 0 Å². The first-order chi connectivity index (χ1) is 12.3. The Labute approximate surface area is 163 Å². The molecule has 26 heavy (non-hydrogen) atoms. The SMILES string of the molecule is CNC(=O)[C@H](C)N(Cc1cccc(Br)c1)C(=O)Cc1cc(C)ccc1C. The van der Waals surface area contributed by atoms with Gasteiger partial charge in [-0.2, -0.15) is 0 Å². The molecule has 0 bridgehead atoms. The number of carbonyl (C=O) groups is 2. The highest BCUT2D eigenvalue weighted by molar-refractivity contribution is 9.10. The Morgan fingerprint density at radius 3 is 2.54 bits per heavy atom. The van der Waals surface area contributed by atoms with E-state index in [2.05, 4.69) is 21.2 Å². The molecule has 0 saturated heterocycles. The Morgan fingerprint density at radius 1 is 1.15 bits per heavy atom. The molecule has 2 rings (SSSR count). The molecule has 2 aromatic rings. The predicted octanol–water partition coefficient (Wildman–Crippen LogP) is 3.77. The van der Waals surface area contributed by atoms with Gasteiger partial charge in [-0.1, -0.05) is 51.8 Å². The molecule has 0 aromatic heterocycles. The summed E-state index contributed by atoms with van der Waals surface area (Å²) < 4.78 is 0.949. The first-order valence-electron chi connectivity index (χ1n) is 8.63. The third-order valence-electron chi connectivity index (χ3n) is 4.50. The van der Waals surface area contributed by atoms with Crippen LogP contribution in [-0.4, -0.2) is 29.8 Å². The lowest BCUT2D eigenvalue weighted by Crippen LogP contribution is -2.47. The molecule has 0 saturated carbocycles. The average Bonchev–Trinajstić information content (AvgIpc) is 2.61. The lowest BCUT2D eigenvalue weighted by atomic mass is 10.0. The summed E-state index contributed by atoms with van der Waals surface area (Å²) >= 11 is 3.46. The van der Waals surface area contributed by atoms with Crippen LogP contribution in [0.4, 0.5) is 0 Å². The van der Waals surface area contributed by atoms with Crippen molar-refractivity contribution in [2.45, 2.75) is 39.8 Å². The van der Waals surface area contributed by atoms with E-state index < -0.39 is 6.04 Å². The van der Waals surface area contributed by atoms with Crippen molar-refractivity contribution in [3.05, 3.63) is 69.2 Å². The normalized spacial score (nSPS) is 11.7. The molecule has 2 aromatic carbocycles. The van der Waals surface area contributed by atoms with Crippen LogP contribution in [0.2, 0.25) is 0 Å². The highest BCUT2D eigenvalue weighted by atomic mass is 79.9. The second-order valence-electron chi connectivity index (χ2n) is 6.55. The van der Waals surface area contributed by atoms with Crippen molar-refractivity contribution in [2.75, 3.05) is 7.05 Å². The first kappa shape index (κ1) is 20.2. The van der Waals surface area contributed by atoms with Gasteiger partial charge >= 0.3 is 0 Å². The largest absolute Gasteiger partial charge is 0.357 e. The maximum absolute atomic E-state index is 13.1. The van der Waals surface area contributed by atoms with Gasteiger partial charge in [-0.15, -0.1) is 0 Å². The highest BCUT2D eigenvalue weighted by Gasteiger charge is 2.25. The fraction of sp³-hybridized carbons (Fsp3) is 0.333. The number of nitrogens with zero attached hydrogens (tertiary/aromatic N) is 1. The standard InChI is InChI=1S/C21H25BrN2O2/c1-14-8-9-15(2)18(10-14)12-20(25)24(16(3)21(26)23-4)13-17-6-5-7-19(22)11-17/h5-11,16H,12-13H2,1-4H3,(H,23,26)/t16-/m0/s1. The fourth-order valence-corrected chi connectivity index (χ4v) is 3.33. The minimum absolute atomic E-state index is 0.0604. The van der Waals surface area contributed by atoms with E-state index in [0.717, 1.165) is 26.7 Å². The quantitative estimate of drug-likeness (QED) is 0.778. The average molecular weight is 417 g/mol. The zero-order valence-electron chi connectivity index (χ0n) is 15.7. The van der Waals surface area contributed by atoms with Gasteiger partial charge in [0.1, 0.15) is 6.04 Å². The number of hydrogen-bond donors (Lipinski definition) is 1. The van der Waals surface area contributed by atoms with E-state index in [-0.39, 0.29) is 18.2 Å². The first-order valence-corrected chi connectivity index (χ1v) is 9.42. The van der Waals surface area contributed by atoms with Crippen molar-refractivity contribution >= 4 is 27.7 Å². The number of nitrogens with one attached hydrogen (secondary N) is 1. The Bertz CT molecular complexity index is 804. The van der Waals surface area contributed by atoms with E-state index in [1.54, 1.807) is 18.9 Å². The molecule has 1 atom stereocenters. The number of carbonyl (C=O) groups excluding carboxylic acids is 2. The molecule has 0 aliphatic heterocycles. The van der Waals surface area contributed by atoms with Crippen molar-refractivity contribution in [2.24, 2.45) is 0 Å². The lowest BCUT2D eigenvalue weighted by molar-refractivity contribution is -0.139. The van der Waals surface area contributed by atoms with E-state index in [1.165, 1.54) is 0 Å². The molecule has 0 aliphatic carbocycles. The van der Waals surface area contributed by atoms with E-state index in [9.17, 15) is 9.59 Å². The monoisotopic (exact) mass is 416 g/mol. The van der Waals surface area contributed by atoms with Crippen LogP contribution in [0.1, 0.15) is 29.2 Å². The highest BCUT2D eigenvalue weighted by Crippen LogP contribution is 2.18. The van der Waals surface area contributed by atoms with Crippen molar-refractivity contribution in [1.29, 1.82) is 0 Å². The van der Waals surface area contributed by atoms with Gasteiger partial charge < -0.3 is 10.2 Å². The second kappa shape index (κ2) is 8.99. The van der Waals surface area contributed by atoms with Crippen LogP contribution in [-0.2, 0) is 22.6 Å². The van der Waals surface area contributed by atoms with Gasteiger partial charge in [0, 0.05) is 18.1 Å². The van der Waals surface area contributed by atoms with Gasteiger partial charge in [-0.25, -0.2) is 0 Å². The maximum atomic E-state index is 13.1. The predicted molar refractivity (Wildman–Crippen MR) is 108 cm³/mol. The number of rotatable bonds is 6. The molecule has 1 N–H and O–H groups in total. The Hall–Kier alpha value is -2.14. The van der Waals surface area contributed by atoms with Gasteiger partial charge in [0.2, 0.25) is 11.8 Å². The van der Waals surface area contributed by atoms with Crippen LogP contribution in [0.25, 0.3) is 0 Å². The van der Waals surface area contributed by atoms with E-state index in [0.29, 0.717) is 6.54 Å². The van der Waals surface area contributed by atoms with E-state index in [1.807, 2.05) is 56.3 Å². The summed E-state index contributed by atoms with van der Waals surface area (Å²) in [7, 11) is 1.59. The van der Waals surface area contributed by atoms with Crippen molar-refractivity contribution in [3.63, 3.8) is 0 Å². The molecule has 138 valence electrons. The Kier molecular flexibility index (Phi) is 6.98. The summed E-state index contributed by atoms with van der Waals surface area (Å²) in [6.45, 7) is 6.16. The van der Waals surface area contributed by atoms with Crippen LogP contribution >= 0.6 is 15.9 Å². The van der Waals surface area contributed by atoms with Crippen LogP contribution in [0.15, 0.2) is 46.9 Å².